The van der Waals surface area contributed by atoms with Gasteiger partial charge in [-0.3, -0.25) is 9.69 Å². The summed E-state index contributed by atoms with van der Waals surface area (Å²) >= 11 is 8.17. The van der Waals surface area contributed by atoms with Crippen LogP contribution in [-0.4, -0.2) is 34.9 Å². The van der Waals surface area contributed by atoms with Crippen LogP contribution < -0.4 is 5.32 Å². The predicted molar refractivity (Wildman–Crippen MR) is 99.5 cm³/mol. The van der Waals surface area contributed by atoms with Crippen LogP contribution in [0.4, 0.5) is 0 Å². The van der Waals surface area contributed by atoms with Gasteiger partial charge in [0.05, 0.1) is 9.88 Å². The molecule has 4 nitrogen and oxygen atoms in total. The molecule has 0 saturated carbocycles. The van der Waals surface area contributed by atoms with Gasteiger partial charge in [0.25, 0.3) is 0 Å². The number of carbonyl (C=O) groups is 1. The highest BCUT2D eigenvalue weighted by Crippen LogP contribution is 2.37. The number of benzene rings is 1. The van der Waals surface area contributed by atoms with Crippen LogP contribution in [0.1, 0.15) is 37.3 Å². The molecule has 0 aliphatic carbocycles. The predicted octanol–water partition coefficient (Wildman–Crippen LogP) is 3.91. The molecule has 1 aromatic heterocycles. The highest BCUT2D eigenvalue weighted by Gasteiger charge is 2.31. The lowest BCUT2D eigenvalue weighted by Crippen LogP contribution is -2.48. The maximum absolute atomic E-state index is 11.0. The maximum atomic E-state index is 11.0. The van der Waals surface area contributed by atoms with E-state index in [0.717, 1.165) is 29.1 Å². The molecule has 1 N–H and O–H groups in total. The molecular weight excluding hydrogens is 342 g/mol. The number of hydrogen-bond acceptors (Lipinski definition) is 4. The number of amides is 1. The second kappa shape index (κ2) is 7.21. The van der Waals surface area contributed by atoms with Crippen molar-refractivity contribution in [2.75, 3.05) is 13.1 Å². The molecule has 0 radical (unpaired) electrons. The summed E-state index contributed by atoms with van der Waals surface area (Å²) in [4.78, 5) is 19.2. The molecule has 1 aromatic carbocycles. The fraction of sp³-hybridized carbons (Fsp3) is 0.444. The number of aromatic nitrogens is 1. The van der Waals surface area contributed by atoms with Gasteiger partial charge in [0.2, 0.25) is 5.91 Å². The number of rotatable bonds is 5. The molecule has 1 saturated heterocycles. The Bertz CT molecular complexity index is 738. The Balaban J connectivity index is 1.70. The first-order chi connectivity index (χ1) is 11.4. The van der Waals surface area contributed by atoms with Crippen molar-refractivity contribution >= 4 is 28.8 Å². The van der Waals surface area contributed by atoms with Crippen LogP contribution in [0.15, 0.2) is 24.4 Å². The van der Waals surface area contributed by atoms with Crippen molar-refractivity contribution in [3.8, 4) is 10.4 Å². The third kappa shape index (κ3) is 3.79. The van der Waals surface area contributed by atoms with E-state index in [1.54, 1.807) is 11.3 Å². The number of likely N-dealkylation sites (tertiary alicyclic amines) is 1. The number of halogens is 1. The Morgan fingerprint density at radius 2 is 2.21 bits per heavy atom. The second-order valence-corrected chi connectivity index (χ2v) is 8.00. The lowest BCUT2D eigenvalue weighted by atomic mass is 9.99. The minimum absolute atomic E-state index is 0.0433. The van der Waals surface area contributed by atoms with Gasteiger partial charge >= 0.3 is 0 Å². The van der Waals surface area contributed by atoms with E-state index in [9.17, 15) is 4.79 Å². The minimum atomic E-state index is -0.0433. The lowest BCUT2D eigenvalue weighted by Gasteiger charge is -2.41. The molecule has 1 amide bonds. The number of nitrogens with zero attached hydrogens (tertiary/aromatic N) is 2. The molecule has 0 spiro atoms. The molecule has 1 fully saturated rings. The number of carbonyl (C=O) groups excluding carboxylic acids is 1. The quantitative estimate of drug-likeness (QED) is 0.876. The summed E-state index contributed by atoms with van der Waals surface area (Å²) in [6.45, 7) is 8.64. The smallest absolute Gasteiger partial charge is 0.217 e. The Labute approximate surface area is 151 Å². The minimum Gasteiger partial charge on any atom is -0.352 e. The van der Waals surface area contributed by atoms with Gasteiger partial charge in [-0.25, -0.2) is 4.98 Å². The average Bonchev–Trinajstić information content (AvgIpc) is 2.92. The van der Waals surface area contributed by atoms with Crippen molar-refractivity contribution in [2.24, 2.45) is 0 Å². The Hall–Kier alpha value is -1.43. The van der Waals surface area contributed by atoms with Gasteiger partial charge in [0.1, 0.15) is 0 Å². The summed E-state index contributed by atoms with van der Waals surface area (Å²) in [5.74, 6) is 0.502. The van der Waals surface area contributed by atoms with Gasteiger partial charge in [-0.2, -0.15) is 0 Å². The summed E-state index contributed by atoms with van der Waals surface area (Å²) in [7, 11) is 0. The maximum Gasteiger partial charge on any atom is 0.217 e. The van der Waals surface area contributed by atoms with Gasteiger partial charge in [0.15, 0.2) is 0 Å². The van der Waals surface area contributed by atoms with Gasteiger partial charge in [-0.05, 0) is 25.5 Å². The summed E-state index contributed by atoms with van der Waals surface area (Å²) in [6, 6.07) is 6.53. The summed E-state index contributed by atoms with van der Waals surface area (Å²) in [5.41, 5.74) is 2.00. The molecular formula is C18H22ClN3OS. The third-order valence-corrected chi connectivity index (χ3v) is 5.86. The fourth-order valence-corrected chi connectivity index (χ4v) is 4.19. The molecule has 1 aliphatic heterocycles. The highest BCUT2D eigenvalue weighted by molar-refractivity contribution is 7.15. The van der Waals surface area contributed by atoms with Crippen molar-refractivity contribution in [3.63, 3.8) is 0 Å². The Kier molecular flexibility index (Phi) is 5.23. The van der Waals surface area contributed by atoms with Crippen molar-refractivity contribution in [3.05, 3.63) is 40.0 Å². The van der Waals surface area contributed by atoms with Gasteiger partial charge in [0, 0.05) is 55.3 Å². The number of hydrogen-bond donors (Lipinski definition) is 1. The van der Waals surface area contributed by atoms with Crippen LogP contribution in [-0.2, 0) is 11.3 Å². The first-order valence-corrected chi connectivity index (χ1v) is 9.36. The highest BCUT2D eigenvalue weighted by atomic mass is 35.5. The fourth-order valence-electron chi connectivity index (χ4n) is 2.79. The van der Waals surface area contributed by atoms with E-state index in [1.165, 1.54) is 11.9 Å². The summed E-state index contributed by atoms with van der Waals surface area (Å²) in [6.07, 6.45) is 1.92. The Morgan fingerprint density at radius 3 is 2.83 bits per heavy atom. The van der Waals surface area contributed by atoms with Crippen LogP contribution in [0.25, 0.3) is 10.4 Å². The van der Waals surface area contributed by atoms with Gasteiger partial charge < -0.3 is 5.32 Å². The van der Waals surface area contributed by atoms with Gasteiger partial charge in [-0.1, -0.05) is 23.7 Å². The second-order valence-electron chi connectivity index (χ2n) is 6.53. The zero-order chi connectivity index (χ0) is 17.3. The molecule has 24 heavy (non-hydrogen) atoms. The van der Waals surface area contributed by atoms with E-state index in [2.05, 4.69) is 29.0 Å². The molecule has 128 valence electrons. The van der Waals surface area contributed by atoms with E-state index >= 15 is 0 Å². The zero-order valence-corrected chi connectivity index (χ0v) is 15.7. The van der Waals surface area contributed by atoms with Crippen molar-refractivity contribution < 1.29 is 4.79 Å². The SMILES string of the molecule is CC(=O)NCc1ccc(-c2cnc(C3CN(C(C)C)C3)s2)c(Cl)c1. The normalized spacial score (nSPS) is 15.5. The zero-order valence-electron chi connectivity index (χ0n) is 14.2. The molecule has 1 aliphatic rings. The number of nitrogens with one attached hydrogen (secondary N) is 1. The van der Waals surface area contributed by atoms with Crippen LogP contribution in [0, 0.1) is 0 Å². The van der Waals surface area contributed by atoms with Gasteiger partial charge in [-0.15, -0.1) is 11.3 Å². The van der Waals surface area contributed by atoms with Crippen LogP contribution in [0.5, 0.6) is 0 Å². The molecule has 0 atom stereocenters. The van der Waals surface area contributed by atoms with Crippen molar-refractivity contribution in [1.82, 2.24) is 15.2 Å². The summed E-state index contributed by atoms with van der Waals surface area (Å²) < 4.78 is 0. The van der Waals surface area contributed by atoms with E-state index in [0.29, 0.717) is 23.5 Å². The molecule has 0 unspecified atom stereocenters. The van der Waals surface area contributed by atoms with E-state index in [1.807, 2.05) is 24.4 Å². The van der Waals surface area contributed by atoms with Crippen LogP contribution >= 0.6 is 22.9 Å². The number of thiazole rings is 1. The molecule has 2 aromatic rings. The largest absolute Gasteiger partial charge is 0.352 e. The standard InChI is InChI=1S/C18H22ClN3OS/c1-11(2)22-9-14(10-22)18-21-8-17(24-18)15-5-4-13(6-16(15)19)7-20-12(3)23/h4-6,8,11,14H,7,9-10H2,1-3H3,(H,20,23). The molecule has 2 heterocycles. The Morgan fingerprint density at radius 1 is 1.46 bits per heavy atom. The first kappa shape index (κ1) is 17.4. The molecule has 3 rings (SSSR count). The third-order valence-electron chi connectivity index (χ3n) is 4.35. The average molecular weight is 364 g/mol. The molecule has 0 bridgehead atoms. The van der Waals surface area contributed by atoms with E-state index < -0.39 is 0 Å². The van der Waals surface area contributed by atoms with E-state index in [-0.39, 0.29) is 5.91 Å². The first-order valence-electron chi connectivity index (χ1n) is 8.17. The summed E-state index contributed by atoms with van der Waals surface area (Å²) in [5, 5.41) is 4.68. The topological polar surface area (TPSA) is 45.2 Å². The lowest BCUT2D eigenvalue weighted by molar-refractivity contribution is -0.119. The van der Waals surface area contributed by atoms with Crippen molar-refractivity contribution in [2.45, 2.75) is 39.3 Å². The van der Waals surface area contributed by atoms with Crippen molar-refractivity contribution in [1.29, 1.82) is 0 Å². The van der Waals surface area contributed by atoms with Crippen LogP contribution in [0.3, 0.4) is 0 Å². The van der Waals surface area contributed by atoms with E-state index in [4.69, 9.17) is 11.6 Å². The van der Waals surface area contributed by atoms with Crippen LogP contribution in [0.2, 0.25) is 5.02 Å². The monoisotopic (exact) mass is 363 g/mol. The molecule has 6 heteroatoms.